The van der Waals surface area contributed by atoms with E-state index in [-0.39, 0.29) is 5.82 Å². The molecule has 0 fully saturated rings. The summed E-state index contributed by atoms with van der Waals surface area (Å²) in [5, 5.41) is 0. The van der Waals surface area contributed by atoms with Gasteiger partial charge in [-0.05, 0) is 60.7 Å². The van der Waals surface area contributed by atoms with E-state index in [4.69, 9.17) is 9.47 Å². The van der Waals surface area contributed by atoms with Crippen LogP contribution in [0.4, 0.5) is 4.39 Å². The molecular formula is C20H18FNO2. The number of hydrogen-bond acceptors (Lipinski definition) is 3. The molecule has 122 valence electrons. The highest BCUT2D eigenvalue weighted by Crippen LogP contribution is 2.25. The number of benzene rings is 2. The minimum atomic E-state index is -0.280. The molecule has 0 aliphatic heterocycles. The van der Waals surface area contributed by atoms with Crippen molar-refractivity contribution in [2.24, 2.45) is 0 Å². The van der Waals surface area contributed by atoms with Crippen LogP contribution in [0.5, 0.6) is 11.5 Å². The van der Waals surface area contributed by atoms with Crippen molar-refractivity contribution in [2.75, 3.05) is 13.7 Å². The minimum absolute atomic E-state index is 0.280. The van der Waals surface area contributed by atoms with Gasteiger partial charge in [-0.1, -0.05) is 6.07 Å². The van der Waals surface area contributed by atoms with Crippen molar-refractivity contribution >= 4 is 0 Å². The Bertz CT molecular complexity index is 785. The van der Waals surface area contributed by atoms with Crippen molar-refractivity contribution < 1.29 is 13.9 Å². The van der Waals surface area contributed by atoms with Gasteiger partial charge < -0.3 is 9.47 Å². The number of pyridine rings is 1. The number of methoxy groups -OCH3 is 1. The monoisotopic (exact) mass is 323 g/mol. The molecule has 1 aromatic heterocycles. The summed E-state index contributed by atoms with van der Waals surface area (Å²) in [5.41, 5.74) is 2.93. The molecule has 1 heterocycles. The molecule has 0 radical (unpaired) electrons. The number of hydrogen-bond donors (Lipinski definition) is 0. The van der Waals surface area contributed by atoms with E-state index in [0.29, 0.717) is 18.1 Å². The molecule has 0 aliphatic carbocycles. The largest absolute Gasteiger partial charge is 0.457 e. The summed E-state index contributed by atoms with van der Waals surface area (Å²) in [6.45, 7) is 0.654. The van der Waals surface area contributed by atoms with Crippen LogP contribution < -0.4 is 4.74 Å². The van der Waals surface area contributed by atoms with E-state index in [1.165, 1.54) is 12.1 Å². The van der Waals surface area contributed by atoms with E-state index in [0.717, 1.165) is 23.4 Å². The van der Waals surface area contributed by atoms with Crippen molar-refractivity contribution in [2.45, 2.75) is 6.42 Å². The molecule has 0 bridgehead atoms. The molecule has 0 N–H and O–H groups in total. The Morgan fingerprint density at radius 3 is 2.21 bits per heavy atom. The molecule has 4 heteroatoms. The van der Waals surface area contributed by atoms with Crippen LogP contribution in [0.15, 0.2) is 66.7 Å². The third kappa shape index (κ3) is 4.18. The van der Waals surface area contributed by atoms with Gasteiger partial charge in [0.2, 0.25) is 0 Å². The van der Waals surface area contributed by atoms with Crippen molar-refractivity contribution in [3.05, 3.63) is 78.2 Å². The van der Waals surface area contributed by atoms with Crippen LogP contribution in [0.3, 0.4) is 0 Å². The predicted molar refractivity (Wildman–Crippen MR) is 91.7 cm³/mol. The molecule has 0 saturated heterocycles. The minimum Gasteiger partial charge on any atom is -0.457 e. The quantitative estimate of drug-likeness (QED) is 0.648. The van der Waals surface area contributed by atoms with Crippen LogP contribution in [-0.2, 0) is 11.2 Å². The lowest BCUT2D eigenvalue weighted by Crippen LogP contribution is -1.98. The summed E-state index contributed by atoms with van der Waals surface area (Å²) in [5.74, 6) is 1.02. The molecule has 3 nitrogen and oxygen atoms in total. The molecule has 24 heavy (non-hydrogen) atoms. The molecule has 2 aromatic carbocycles. The fraction of sp³-hybridized carbons (Fsp3) is 0.150. The van der Waals surface area contributed by atoms with E-state index < -0.39 is 0 Å². The van der Waals surface area contributed by atoms with Gasteiger partial charge in [0.05, 0.1) is 12.3 Å². The van der Waals surface area contributed by atoms with Crippen LogP contribution in [0.2, 0.25) is 0 Å². The molecule has 0 amide bonds. The fourth-order valence-electron chi connectivity index (χ4n) is 2.32. The molecule has 0 saturated carbocycles. The van der Waals surface area contributed by atoms with Gasteiger partial charge in [0.1, 0.15) is 17.3 Å². The van der Waals surface area contributed by atoms with Gasteiger partial charge in [-0.25, -0.2) is 4.39 Å². The van der Waals surface area contributed by atoms with Crippen molar-refractivity contribution in [3.63, 3.8) is 0 Å². The first-order valence-corrected chi connectivity index (χ1v) is 7.73. The van der Waals surface area contributed by atoms with Gasteiger partial charge >= 0.3 is 0 Å². The third-order valence-electron chi connectivity index (χ3n) is 3.57. The Morgan fingerprint density at radius 2 is 1.54 bits per heavy atom. The summed E-state index contributed by atoms with van der Waals surface area (Å²) < 4.78 is 23.7. The lowest BCUT2D eigenvalue weighted by molar-refractivity contribution is 0.201. The number of halogens is 1. The molecule has 0 atom stereocenters. The normalized spacial score (nSPS) is 10.6. The van der Waals surface area contributed by atoms with Crippen LogP contribution >= 0.6 is 0 Å². The second-order valence-corrected chi connectivity index (χ2v) is 5.34. The molecule has 0 spiro atoms. The van der Waals surface area contributed by atoms with E-state index in [2.05, 4.69) is 4.98 Å². The van der Waals surface area contributed by atoms with Gasteiger partial charge in [-0.3, -0.25) is 4.98 Å². The lowest BCUT2D eigenvalue weighted by Gasteiger charge is -2.08. The van der Waals surface area contributed by atoms with Crippen LogP contribution in [0, 0.1) is 5.82 Å². The Morgan fingerprint density at radius 1 is 0.875 bits per heavy atom. The lowest BCUT2D eigenvalue weighted by atomic mass is 10.1. The average Bonchev–Trinajstić information content (AvgIpc) is 2.63. The Hall–Kier alpha value is -2.72. The molecule has 0 unspecified atom stereocenters. The Balaban J connectivity index is 1.73. The molecule has 3 aromatic rings. The van der Waals surface area contributed by atoms with Crippen LogP contribution in [0.1, 0.15) is 5.69 Å². The van der Waals surface area contributed by atoms with Gasteiger partial charge in [-0.2, -0.15) is 0 Å². The highest BCUT2D eigenvalue weighted by atomic mass is 19.1. The topological polar surface area (TPSA) is 31.4 Å². The zero-order valence-corrected chi connectivity index (χ0v) is 13.4. The summed E-state index contributed by atoms with van der Waals surface area (Å²) in [6, 6.07) is 19.6. The van der Waals surface area contributed by atoms with Crippen molar-refractivity contribution in [1.29, 1.82) is 0 Å². The number of aromatic nitrogens is 1. The summed E-state index contributed by atoms with van der Waals surface area (Å²) >= 11 is 0. The maximum absolute atomic E-state index is 12.9. The standard InChI is InChI=1S/C20H18FNO2/c1-23-14-13-17-3-2-4-20(22-17)15-5-9-18(10-6-15)24-19-11-7-16(21)8-12-19/h2-12H,13-14H2,1H3. The second kappa shape index (κ2) is 7.70. The Kier molecular flexibility index (Phi) is 5.18. The van der Waals surface area contributed by atoms with Gasteiger partial charge in [-0.15, -0.1) is 0 Å². The fourth-order valence-corrected chi connectivity index (χ4v) is 2.32. The summed E-state index contributed by atoms with van der Waals surface area (Å²) in [7, 11) is 1.68. The first-order valence-electron chi connectivity index (χ1n) is 7.73. The Labute approximate surface area is 140 Å². The van der Waals surface area contributed by atoms with E-state index in [1.807, 2.05) is 42.5 Å². The molecule has 0 aliphatic rings. The first-order chi connectivity index (χ1) is 11.7. The predicted octanol–water partition coefficient (Wildman–Crippen LogP) is 4.87. The van der Waals surface area contributed by atoms with E-state index >= 15 is 0 Å². The molecule has 3 rings (SSSR count). The number of ether oxygens (including phenoxy) is 2. The molecular weight excluding hydrogens is 305 g/mol. The SMILES string of the molecule is COCCc1cccc(-c2ccc(Oc3ccc(F)cc3)cc2)n1. The van der Waals surface area contributed by atoms with Crippen molar-refractivity contribution in [1.82, 2.24) is 4.98 Å². The smallest absolute Gasteiger partial charge is 0.127 e. The zero-order valence-electron chi connectivity index (χ0n) is 13.4. The van der Waals surface area contributed by atoms with Crippen LogP contribution in [-0.4, -0.2) is 18.7 Å². The summed E-state index contributed by atoms with van der Waals surface area (Å²) in [6.07, 6.45) is 0.788. The van der Waals surface area contributed by atoms with E-state index in [9.17, 15) is 4.39 Å². The van der Waals surface area contributed by atoms with Gasteiger partial charge in [0, 0.05) is 24.8 Å². The summed E-state index contributed by atoms with van der Waals surface area (Å²) in [4.78, 5) is 4.64. The average molecular weight is 323 g/mol. The highest BCUT2D eigenvalue weighted by Gasteiger charge is 2.03. The van der Waals surface area contributed by atoms with Crippen LogP contribution in [0.25, 0.3) is 11.3 Å². The number of nitrogens with zero attached hydrogens (tertiary/aromatic N) is 1. The number of rotatable bonds is 6. The highest BCUT2D eigenvalue weighted by molar-refractivity contribution is 5.60. The van der Waals surface area contributed by atoms with Crippen molar-refractivity contribution in [3.8, 4) is 22.8 Å². The first kappa shape index (κ1) is 16.1. The van der Waals surface area contributed by atoms with E-state index in [1.54, 1.807) is 19.2 Å². The maximum atomic E-state index is 12.9. The van der Waals surface area contributed by atoms with Gasteiger partial charge in [0.25, 0.3) is 0 Å². The van der Waals surface area contributed by atoms with Gasteiger partial charge in [0.15, 0.2) is 0 Å². The maximum Gasteiger partial charge on any atom is 0.127 e. The third-order valence-corrected chi connectivity index (χ3v) is 3.57. The zero-order chi connectivity index (χ0) is 16.8. The second-order valence-electron chi connectivity index (χ2n) is 5.34.